The quantitative estimate of drug-likeness (QED) is 0.528. The Bertz CT molecular complexity index is 531. The largest absolute Gasteiger partial charge is 0.349 e. The van der Waals surface area contributed by atoms with E-state index >= 15 is 0 Å². The number of nitro groups is 1. The summed E-state index contributed by atoms with van der Waals surface area (Å²) in [4.78, 5) is 22.1. The normalized spacial score (nSPS) is 16.9. The van der Waals surface area contributed by atoms with E-state index in [0.717, 1.165) is 12.8 Å². The van der Waals surface area contributed by atoms with Crippen LogP contribution in [-0.4, -0.2) is 34.4 Å². The second-order valence-electron chi connectivity index (χ2n) is 4.58. The molecule has 1 aromatic rings. The first-order valence-electron chi connectivity index (χ1n) is 6.13. The van der Waals surface area contributed by atoms with Crippen LogP contribution in [0.1, 0.15) is 23.2 Å². The molecule has 0 radical (unpaired) electrons. The lowest BCUT2D eigenvalue weighted by atomic mass is 10.1. The van der Waals surface area contributed by atoms with E-state index in [9.17, 15) is 14.9 Å². The fourth-order valence-corrected chi connectivity index (χ4v) is 2.50. The van der Waals surface area contributed by atoms with Crippen LogP contribution in [-0.2, 0) is 0 Å². The molecule has 0 saturated carbocycles. The Balaban J connectivity index is 2.02. The molecule has 1 fully saturated rings. The van der Waals surface area contributed by atoms with E-state index in [1.807, 2.05) is 0 Å². The number of hydrogen-bond acceptors (Lipinski definition) is 4. The third kappa shape index (κ3) is 3.59. The van der Waals surface area contributed by atoms with Crippen molar-refractivity contribution in [1.29, 1.82) is 0 Å². The zero-order valence-electron chi connectivity index (χ0n) is 10.5. The van der Waals surface area contributed by atoms with Crippen LogP contribution in [0.25, 0.3) is 0 Å². The number of halogens is 2. The number of amides is 1. The average molecular weight is 318 g/mol. The summed E-state index contributed by atoms with van der Waals surface area (Å²) < 4.78 is 1.69. The first-order chi connectivity index (χ1) is 9.47. The van der Waals surface area contributed by atoms with Crippen molar-refractivity contribution in [2.24, 2.45) is 0 Å². The third-order valence-corrected chi connectivity index (χ3v) is 3.82. The summed E-state index contributed by atoms with van der Waals surface area (Å²) in [6, 6.07) is 4.01. The fourth-order valence-electron chi connectivity index (χ4n) is 2.06. The van der Waals surface area contributed by atoms with E-state index in [-0.39, 0.29) is 22.7 Å². The molecule has 0 unspecified atom stereocenters. The van der Waals surface area contributed by atoms with Gasteiger partial charge in [0.1, 0.15) is 5.02 Å². The van der Waals surface area contributed by atoms with Crippen LogP contribution in [0.2, 0.25) is 5.02 Å². The van der Waals surface area contributed by atoms with Crippen molar-refractivity contribution in [2.75, 3.05) is 13.1 Å². The van der Waals surface area contributed by atoms with Gasteiger partial charge in [0, 0.05) is 30.8 Å². The third-order valence-electron chi connectivity index (χ3n) is 3.18. The Morgan fingerprint density at radius 2 is 2.05 bits per heavy atom. The van der Waals surface area contributed by atoms with Gasteiger partial charge in [-0.3, -0.25) is 14.9 Å². The predicted octanol–water partition coefficient (Wildman–Crippen LogP) is 2.60. The Morgan fingerprint density at radius 3 is 2.60 bits per heavy atom. The lowest BCUT2D eigenvalue weighted by Gasteiger charge is -2.27. The van der Waals surface area contributed by atoms with Gasteiger partial charge in [-0.1, -0.05) is 11.6 Å². The van der Waals surface area contributed by atoms with E-state index in [1.54, 1.807) is 4.42 Å². The summed E-state index contributed by atoms with van der Waals surface area (Å²) in [5, 5.41) is 13.5. The van der Waals surface area contributed by atoms with Gasteiger partial charge >= 0.3 is 0 Å². The van der Waals surface area contributed by atoms with Gasteiger partial charge in [0.15, 0.2) is 0 Å². The molecule has 8 heteroatoms. The standard InChI is InChI=1S/C12H13Cl2N3O3/c13-10-7-8(1-2-11(10)17(19)20)12(18)15-9-3-5-16(14)6-4-9/h1-2,7,9H,3-6H2,(H,15,18). The molecular formula is C12H13Cl2N3O3. The van der Waals surface area contributed by atoms with Crippen molar-refractivity contribution in [3.8, 4) is 0 Å². The predicted molar refractivity (Wildman–Crippen MR) is 76.0 cm³/mol. The van der Waals surface area contributed by atoms with Crippen molar-refractivity contribution in [3.05, 3.63) is 38.9 Å². The Morgan fingerprint density at radius 1 is 1.40 bits per heavy atom. The molecule has 0 atom stereocenters. The number of nitrogens with one attached hydrogen (secondary N) is 1. The van der Waals surface area contributed by atoms with Gasteiger partial charge in [-0.15, -0.1) is 0 Å². The van der Waals surface area contributed by atoms with Gasteiger partial charge in [0.25, 0.3) is 11.6 Å². The van der Waals surface area contributed by atoms with Gasteiger partial charge in [0.2, 0.25) is 0 Å². The Kier molecular flexibility index (Phi) is 4.80. The molecule has 0 spiro atoms. The highest BCUT2D eigenvalue weighted by atomic mass is 35.5. The first-order valence-corrected chi connectivity index (χ1v) is 6.84. The van der Waals surface area contributed by atoms with Crippen LogP contribution in [0.15, 0.2) is 18.2 Å². The first kappa shape index (κ1) is 15.0. The van der Waals surface area contributed by atoms with Gasteiger partial charge in [-0.05, 0) is 36.8 Å². The van der Waals surface area contributed by atoms with Gasteiger partial charge in [-0.25, -0.2) is 4.42 Å². The van der Waals surface area contributed by atoms with Crippen LogP contribution in [0.4, 0.5) is 5.69 Å². The van der Waals surface area contributed by atoms with Crippen molar-refractivity contribution in [1.82, 2.24) is 9.74 Å². The zero-order chi connectivity index (χ0) is 14.7. The van der Waals surface area contributed by atoms with E-state index in [1.165, 1.54) is 18.2 Å². The number of carbonyl (C=O) groups excluding carboxylic acids is 1. The van der Waals surface area contributed by atoms with Gasteiger partial charge < -0.3 is 5.32 Å². The maximum absolute atomic E-state index is 12.0. The maximum atomic E-state index is 12.0. The average Bonchev–Trinajstić information content (AvgIpc) is 2.40. The second-order valence-corrected chi connectivity index (χ2v) is 5.47. The van der Waals surface area contributed by atoms with Gasteiger partial charge in [-0.2, -0.15) is 0 Å². The molecule has 0 bridgehead atoms. The summed E-state index contributed by atoms with van der Waals surface area (Å²) >= 11 is 11.6. The minimum absolute atomic E-state index is 0.0433. The van der Waals surface area contributed by atoms with E-state index in [0.29, 0.717) is 18.7 Å². The van der Waals surface area contributed by atoms with Crippen LogP contribution in [0.5, 0.6) is 0 Å². The molecule has 1 N–H and O–H groups in total. The lowest BCUT2D eigenvalue weighted by Crippen LogP contribution is -2.42. The molecule has 1 saturated heterocycles. The fraction of sp³-hybridized carbons (Fsp3) is 0.417. The number of benzene rings is 1. The van der Waals surface area contributed by atoms with E-state index in [2.05, 4.69) is 5.32 Å². The summed E-state index contributed by atoms with van der Waals surface area (Å²) in [5.74, 6) is -0.283. The summed E-state index contributed by atoms with van der Waals surface area (Å²) in [6.45, 7) is 1.43. The molecule has 6 nitrogen and oxygen atoms in total. The van der Waals surface area contributed by atoms with Crippen molar-refractivity contribution >= 4 is 35.0 Å². The smallest absolute Gasteiger partial charge is 0.287 e. The van der Waals surface area contributed by atoms with Crippen molar-refractivity contribution in [2.45, 2.75) is 18.9 Å². The monoisotopic (exact) mass is 317 g/mol. The summed E-state index contributed by atoms with van der Waals surface area (Å²) in [6.07, 6.45) is 1.55. The second kappa shape index (κ2) is 6.39. The highest BCUT2D eigenvalue weighted by Gasteiger charge is 2.21. The summed E-state index contributed by atoms with van der Waals surface area (Å²) in [5.41, 5.74) is 0.104. The Hall–Kier alpha value is -1.37. The molecule has 108 valence electrons. The zero-order valence-corrected chi connectivity index (χ0v) is 12.0. The van der Waals surface area contributed by atoms with Crippen LogP contribution in [0.3, 0.4) is 0 Å². The van der Waals surface area contributed by atoms with E-state index in [4.69, 9.17) is 23.4 Å². The van der Waals surface area contributed by atoms with Crippen molar-refractivity contribution in [3.63, 3.8) is 0 Å². The highest BCUT2D eigenvalue weighted by Crippen LogP contribution is 2.25. The molecule has 2 rings (SSSR count). The van der Waals surface area contributed by atoms with Crippen LogP contribution >= 0.6 is 23.4 Å². The molecule has 1 aromatic carbocycles. The lowest BCUT2D eigenvalue weighted by molar-refractivity contribution is -0.384. The van der Waals surface area contributed by atoms with Gasteiger partial charge in [0.05, 0.1) is 4.92 Å². The highest BCUT2D eigenvalue weighted by molar-refractivity contribution is 6.33. The number of hydrogen-bond donors (Lipinski definition) is 1. The number of rotatable bonds is 3. The molecular weight excluding hydrogens is 305 g/mol. The molecule has 20 heavy (non-hydrogen) atoms. The summed E-state index contributed by atoms with van der Waals surface area (Å²) in [7, 11) is 0. The molecule has 1 aliphatic rings. The van der Waals surface area contributed by atoms with E-state index < -0.39 is 4.92 Å². The molecule has 1 amide bonds. The molecule has 1 aliphatic heterocycles. The maximum Gasteiger partial charge on any atom is 0.287 e. The molecule has 0 aromatic heterocycles. The number of nitro benzene ring substituents is 1. The minimum Gasteiger partial charge on any atom is -0.349 e. The van der Waals surface area contributed by atoms with Crippen molar-refractivity contribution < 1.29 is 9.72 Å². The molecule has 1 heterocycles. The Labute approximate surface area is 125 Å². The minimum atomic E-state index is -0.583. The van der Waals surface area contributed by atoms with Crippen LogP contribution in [0, 0.1) is 10.1 Å². The topological polar surface area (TPSA) is 75.5 Å². The number of carbonyl (C=O) groups is 1. The molecule has 0 aliphatic carbocycles. The number of piperidine rings is 1. The van der Waals surface area contributed by atoms with Crippen LogP contribution < -0.4 is 5.32 Å². The SMILES string of the molecule is O=C(NC1CCN(Cl)CC1)c1ccc([N+](=O)[O-])c(Cl)c1. The number of nitrogens with zero attached hydrogens (tertiary/aromatic N) is 2.